The van der Waals surface area contributed by atoms with Gasteiger partial charge in [0, 0.05) is 12.6 Å². The van der Waals surface area contributed by atoms with Crippen LogP contribution in [0.4, 0.5) is 4.79 Å². The fourth-order valence-corrected chi connectivity index (χ4v) is 0.331. The van der Waals surface area contributed by atoms with Gasteiger partial charge in [0.1, 0.15) is 0 Å². The standard InChI is InChI=1S/C6H12BNO/c1-6(2,3)8(4)5(7)9/h1-4H3. The van der Waals surface area contributed by atoms with E-state index in [2.05, 4.69) is 0 Å². The zero-order valence-corrected chi connectivity index (χ0v) is 6.43. The molecule has 0 unspecified atom stereocenters. The molecule has 0 saturated carbocycles. The molecule has 0 aromatic carbocycles. The molecule has 0 fully saturated rings. The Morgan fingerprint density at radius 3 is 1.78 bits per heavy atom. The van der Waals surface area contributed by atoms with Crippen LogP contribution in [-0.4, -0.2) is 31.1 Å². The minimum atomic E-state index is -0.387. The highest BCUT2D eigenvalue weighted by Gasteiger charge is 2.17. The summed E-state index contributed by atoms with van der Waals surface area (Å²) in [6.07, 6.45) is 0. The molecule has 2 radical (unpaired) electrons. The summed E-state index contributed by atoms with van der Waals surface area (Å²) >= 11 is 0. The molecule has 0 aliphatic rings. The molecule has 0 aliphatic carbocycles. The molecule has 0 N–H and O–H groups in total. The maximum Gasteiger partial charge on any atom is 0.200 e. The summed E-state index contributed by atoms with van der Waals surface area (Å²) in [5.74, 6) is -0.387. The molecule has 0 aromatic rings. The molecular weight excluding hydrogens is 113 g/mol. The molecule has 0 atom stereocenters. The van der Waals surface area contributed by atoms with E-state index in [1.54, 1.807) is 7.05 Å². The topological polar surface area (TPSA) is 20.3 Å². The van der Waals surface area contributed by atoms with Gasteiger partial charge in [-0.05, 0) is 20.8 Å². The number of carbonyl (C=O) groups is 1. The second-order valence-corrected chi connectivity index (χ2v) is 3.07. The van der Waals surface area contributed by atoms with Crippen molar-refractivity contribution in [2.75, 3.05) is 7.05 Å². The van der Waals surface area contributed by atoms with Crippen LogP contribution in [0.1, 0.15) is 20.8 Å². The first-order valence-corrected chi connectivity index (χ1v) is 2.89. The van der Waals surface area contributed by atoms with Crippen LogP contribution in [0.25, 0.3) is 0 Å². The van der Waals surface area contributed by atoms with Crippen molar-refractivity contribution in [2.24, 2.45) is 0 Å². The predicted octanol–water partition coefficient (Wildman–Crippen LogP) is 1.01. The Labute approximate surface area is 57.6 Å². The molecule has 9 heavy (non-hydrogen) atoms. The lowest BCUT2D eigenvalue weighted by Crippen LogP contribution is -2.41. The molecular formula is C6H12BNO. The van der Waals surface area contributed by atoms with E-state index in [0.717, 1.165) is 0 Å². The summed E-state index contributed by atoms with van der Waals surface area (Å²) in [5, 5.41) is 0. The molecule has 0 aliphatic heterocycles. The number of carbonyl (C=O) groups excluding carboxylic acids is 1. The van der Waals surface area contributed by atoms with Crippen molar-refractivity contribution in [3.63, 3.8) is 0 Å². The summed E-state index contributed by atoms with van der Waals surface area (Å²) < 4.78 is 0. The van der Waals surface area contributed by atoms with Crippen molar-refractivity contribution >= 4 is 13.7 Å². The van der Waals surface area contributed by atoms with E-state index in [1.165, 1.54) is 4.90 Å². The molecule has 0 bridgehead atoms. The maximum atomic E-state index is 10.5. The normalized spacial score (nSPS) is 11.1. The first-order valence-electron chi connectivity index (χ1n) is 2.89. The predicted molar refractivity (Wildman–Crippen MR) is 38.7 cm³/mol. The molecule has 0 rings (SSSR count). The Hall–Kier alpha value is -0.465. The summed E-state index contributed by atoms with van der Waals surface area (Å²) in [6, 6.07) is 0. The molecule has 0 spiro atoms. The van der Waals surface area contributed by atoms with E-state index >= 15 is 0 Å². The fraction of sp³-hybridized carbons (Fsp3) is 0.833. The van der Waals surface area contributed by atoms with Gasteiger partial charge in [-0.3, -0.25) is 4.79 Å². The van der Waals surface area contributed by atoms with Gasteiger partial charge >= 0.3 is 0 Å². The molecule has 0 saturated heterocycles. The third kappa shape index (κ3) is 2.54. The van der Waals surface area contributed by atoms with Gasteiger partial charge in [0.25, 0.3) is 0 Å². The van der Waals surface area contributed by atoms with Gasteiger partial charge in [0.15, 0.2) is 5.81 Å². The molecule has 50 valence electrons. The van der Waals surface area contributed by atoms with E-state index in [-0.39, 0.29) is 11.3 Å². The highest BCUT2D eigenvalue weighted by molar-refractivity contribution is 6.56. The minimum Gasteiger partial charge on any atom is -0.351 e. The van der Waals surface area contributed by atoms with Crippen LogP contribution in [0.2, 0.25) is 0 Å². The van der Waals surface area contributed by atoms with Gasteiger partial charge in [0.05, 0.1) is 0 Å². The van der Waals surface area contributed by atoms with Crippen LogP contribution < -0.4 is 0 Å². The SMILES string of the molecule is [B]C(=O)N(C)C(C)(C)C. The molecule has 0 heterocycles. The second-order valence-electron chi connectivity index (χ2n) is 3.07. The van der Waals surface area contributed by atoms with Crippen molar-refractivity contribution in [1.82, 2.24) is 4.90 Å². The monoisotopic (exact) mass is 125 g/mol. The molecule has 3 heteroatoms. The van der Waals surface area contributed by atoms with Gasteiger partial charge < -0.3 is 4.90 Å². The van der Waals surface area contributed by atoms with Gasteiger partial charge in [-0.25, -0.2) is 0 Å². The van der Waals surface area contributed by atoms with Crippen LogP contribution in [0, 0.1) is 0 Å². The van der Waals surface area contributed by atoms with Crippen molar-refractivity contribution in [3.8, 4) is 0 Å². The Bertz CT molecular complexity index is 117. The smallest absolute Gasteiger partial charge is 0.200 e. The number of rotatable bonds is 0. The van der Waals surface area contributed by atoms with Crippen LogP contribution >= 0.6 is 0 Å². The van der Waals surface area contributed by atoms with E-state index in [9.17, 15) is 4.79 Å². The van der Waals surface area contributed by atoms with Crippen LogP contribution in [0.5, 0.6) is 0 Å². The van der Waals surface area contributed by atoms with E-state index in [4.69, 9.17) is 7.85 Å². The lowest BCUT2D eigenvalue weighted by atomic mass is 10.0. The Morgan fingerprint density at radius 2 is 1.78 bits per heavy atom. The minimum absolute atomic E-state index is 0.161. The molecule has 1 amide bonds. The lowest BCUT2D eigenvalue weighted by molar-refractivity contribution is 0.188. The molecule has 2 nitrogen and oxygen atoms in total. The van der Waals surface area contributed by atoms with Crippen molar-refractivity contribution < 1.29 is 4.79 Å². The van der Waals surface area contributed by atoms with Gasteiger partial charge in [-0.2, -0.15) is 0 Å². The van der Waals surface area contributed by atoms with Gasteiger partial charge in [0.2, 0.25) is 7.85 Å². The highest BCUT2D eigenvalue weighted by Crippen LogP contribution is 2.09. The van der Waals surface area contributed by atoms with E-state index in [0.29, 0.717) is 0 Å². The summed E-state index contributed by atoms with van der Waals surface area (Å²) in [6.45, 7) is 5.78. The third-order valence-corrected chi connectivity index (χ3v) is 1.34. The Morgan fingerprint density at radius 1 is 1.44 bits per heavy atom. The third-order valence-electron chi connectivity index (χ3n) is 1.34. The quantitative estimate of drug-likeness (QED) is 0.442. The number of hydrogen-bond donors (Lipinski definition) is 0. The van der Waals surface area contributed by atoms with Crippen molar-refractivity contribution in [1.29, 1.82) is 0 Å². The summed E-state index contributed by atoms with van der Waals surface area (Å²) in [4.78, 5) is 12.0. The zero-order chi connectivity index (χ0) is 7.65. The average molecular weight is 125 g/mol. The zero-order valence-electron chi connectivity index (χ0n) is 6.43. The summed E-state index contributed by atoms with van der Waals surface area (Å²) in [7, 11) is 6.69. The number of hydrogen-bond acceptors (Lipinski definition) is 1. The van der Waals surface area contributed by atoms with Crippen molar-refractivity contribution in [3.05, 3.63) is 0 Å². The molecule has 0 aromatic heterocycles. The van der Waals surface area contributed by atoms with Crippen LogP contribution in [0.3, 0.4) is 0 Å². The van der Waals surface area contributed by atoms with Crippen LogP contribution in [0.15, 0.2) is 0 Å². The Balaban J connectivity index is 4.04. The fourth-order valence-electron chi connectivity index (χ4n) is 0.331. The first-order chi connectivity index (χ1) is 3.85. The van der Waals surface area contributed by atoms with E-state index < -0.39 is 0 Å². The van der Waals surface area contributed by atoms with Crippen LogP contribution in [-0.2, 0) is 0 Å². The average Bonchev–Trinajstić information content (AvgIpc) is 1.62. The highest BCUT2D eigenvalue weighted by atomic mass is 16.1. The largest absolute Gasteiger partial charge is 0.351 e. The Kier molecular flexibility index (Phi) is 2.29. The van der Waals surface area contributed by atoms with Gasteiger partial charge in [-0.1, -0.05) is 0 Å². The first kappa shape index (κ1) is 8.53. The van der Waals surface area contributed by atoms with E-state index in [1.807, 2.05) is 20.8 Å². The van der Waals surface area contributed by atoms with Gasteiger partial charge in [-0.15, -0.1) is 0 Å². The van der Waals surface area contributed by atoms with Crippen molar-refractivity contribution in [2.45, 2.75) is 26.3 Å². The lowest BCUT2D eigenvalue weighted by Gasteiger charge is -2.31. The number of amides is 1. The maximum absolute atomic E-state index is 10.5. The summed E-state index contributed by atoms with van der Waals surface area (Å²) in [5.41, 5.74) is -0.161. The second kappa shape index (κ2) is 2.42. The number of nitrogens with zero attached hydrogens (tertiary/aromatic N) is 1.